The van der Waals surface area contributed by atoms with Gasteiger partial charge in [-0.25, -0.2) is 4.98 Å². The Hall–Kier alpha value is -2.20. The number of H-pyrrole nitrogens is 1. The van der Waals surface area contributed by atoms with Crippen LogP contribution in [0.4, 0.5) is 0 Å². The van der Waals surface area contributed by atoms with Crippen LogP contribution in [0.15, 0.2) is 36.4 Å². The molecule has 1 aliphatic rings. The van der Waals surface area contributed by atoms with Crippen LogP contribution in [-0.4, -0.2) is 23.2 Å². The van der Waals surface area contributed by atoms with Gasteiger partial charge in [-0.2, -0.15) is 0 Å². The summed E-state index contributed by atoms with van der Waals surface area (Å²) < 4.78 is 11.4. The van der Waals surface area contributed by atoms with Gasteiger partial charge in [0, 0.05) is 29.1 Å². The first kappa shape index (κ1) is 12.5. The van der Waals surface area contributed by atoms with Gasteiger partial charge in [0.05, 0.1) is 24.2 Å². The first-order valence-corrected chi connectivity index (χ1v) is 7.23. The molecule has 1 aromatic heterocycles. The Kier molecular flexibility index (Phi) is 2.97. The maximum atomic E-state index is 6.03. The molecule has 0 radical (unpaired) electrons. The molecule has 0 amide bonds. The second kappa shape index (κ2) is 4.97. The molecule has 0 aliphatic carbocycles. The first-order chi connectivity index (χ1) is 10.3. The molecule has 1 N–H and O–H groups in total. The van der Waals surface area contributed by atoms with Gasteiger partial charge in [-0.3, -0.25) is 0 Å². The highest BCUT2D eigenvalue weighted by molar-refractivity contribution is 6.30. The smallest absolute Gasteiger partial charge is 0.163 e. The second-order valence-electron chi connectivity index (χ2n) is 4.96. The van der Waals surface area contributed by atoms with Gasteiger partial charge in [0.1, 0.15) is 5.82 Å². The van der Waals surface area contributed by atoms with Gasteiger partial charge in [-0.15, -0.1) is 0 Å². The van der Waals surface area contributed by atoms with E-state index in [-0.39, 0.29) is 0 Å². The summed E-state index contributed by atoms with van der Waals surface area (Å²) in [6, 6.07) is 11.5. The zero-order chi connectivity index (χ0) is 14.2. The van der Waals surface area contributed by atoms with Gasteiger partial charge in [-0.05, 0) is 12.1 Å². The van der Waals surface area contributed by atoms with Crippen LogP contribution in [-0.2, 0) is 0 Å². The molecule has 4 rings (SSSR count). The van der Waals surface area contributed by atoms with Gasteiger partial charge in [0.15, 0.2) is 11.5 Å². The summed E-state index contributed by atoms with van der Waals surface area (Å²) in [5.74, 6) is 2.30. The van der Waals surface area contributed by atoms with Crippen molar-refractivity contribution in [3.63, 3.8) is 0 Å². The van der Waals surface area contributed by atoms with Crippen LogP contribution >= 0.6 is 11.6 Å². The lowest BCUT2D eigenvalue weighted by Crippen LogP contribution is -1.97. The van der Waals surface area contributed by atoms with Crippen molar-refractivity contribution in [2.24, 2.45) is 0 Å². The fourth-order valence-electron chi connectivity index (χ4n) is 2.44. The fraction of sp³-hybridized carbons (Fsp3) is 0.188. The average Bonchev–Trinajstić information content (AvgIpc) is 2.76. The van der Waals surface area contributed by atoms with Crippen LogP contribution in [0.25, 0.3) is 22.4 Å². The molecule has 0 spiro atoms. The molecule has 0 saturated carbocycles. The Morgan fingerprint density at radius 2 is 1.86 bits per heavy atom. The number of hydrogen-bond donors (Lipinski definition) is 1. The number of halogens is 1. The van der Waals surface area contributed by atoms with Crippen LogP contribution < -0.4 is 9.47 Å². The van der Waals surface area contributed by atoms with E-state index in [9.17, 15) is 0 Å². The Morgan fingerprint density at radius 3 is 2.67 bits per heavy atom. The number of nitrogens with zero attached hydrogens (tertiary/aromatic N) is 1. The zero-order valence-corrected chi connectivity index (χ0v) is 12.0. The van der Waals surface area contributed by atoms with Crippen molar-refractivity contribution >= 4 is 22.6 Å². The van der Waals surface area contributed by atoms with Gasteiger partial charge in [0.25, 0.3) is 0 Å². The predicted molar refractivity (Wildman–Crippen MR) is 82.1 cm³/mol. The largest absolute Gasteiger partial charge is 0.489 e. The number of aromatic amines is 1. The van der Waals surface area contributed by atoms with E-state index in [1.54, 1.807) is 0 Å². The van der Waals surface area contributed by atoms with Crippen molar-refractivity contribution < 1.29 is 9.47 Å². The Balaban J connectivity index is 1.83. The number of imidazole rings is 1. The van der Waals surface area contributed by atoms with E-state index in [2.05, 4.69) is 9.97 Å². The lowest BCUT2D eigenvalue weighted by Gasteiger charge is -2.05. The molecule has 0 fully saturated rings. The predicted octanol–water partition coefficient (Wildman–Crippen LogP) is 4.04. The second-order valence-corrected chi connectivity index (χ2v) is 5.40. The molecular weight excluding hydrogens is 288 g/mol. The molecule has 3 aromatic rings. The molecule has 2 heterocycles. The maximum absolute atomic E-state index is 6.03. The van der Waals surface area contributed by atoms with Crippen molar-refractivity contribution in [2.75, 3.05) is 13.2 Å². The Morgan fingerprint density at radius 1 is 1.05 bits per heavy atom. The van der Waals surface area contributed by atoms with E-state index < -0.39 is 0 Å². The van der Waals surface area contributed by atoms with E-state index in [1.165, 1.54) is 0 Å². The van der Waals surface area contributed by atoms with Gasteiger partial charge >= 0.3 is 0 Å². The third kappa shape index (κ3) is 2.32. The Bertz CT molecular complexity index is 770. The molecule has 2 aromatic carbocycles. The number of rotatable bonds is 1. The summed E-state index contributed by atoms with van der Waals surface area (Å²) in [4.78, 5) is 7.92. The molecule has 0 atom stereocenters. The summed E-state index contributed by atoms with van der Waals surface area (Å²) in [5, 5.41) is 0.690. The molecule has 0 bridgehead atoms. The van der Waals surface area contributed by atoms with Crippen molar-refractivity contribution in [1.82, 2.24) is 9.97 Å². The highest BCUT2D eigenvalue weighted by Crippen LogP contribution is 2.34. The van der Waals surface area contributed by atoms with Gasteiger partial charge in [-0.1, -0.05) is 23.7 Å². The lowest BCUT2D eigenvalue weighted by molar-refractivity contribution is 0.297. The molecule has 106 valence electrons. The van der Waals surface area contributed by atoms with E-state index in [0.717, 1.165) is 40.3 Å². The Labute approximate surface area is 126 Å². The average molecular weight is 301 g/mol. The minimum atomic E-state index is 0.671. The summed E-state index contributed by atoms with van der Waals surface area (Å²) >= 11 is 6.03. The van der Waals surface area contributed by atoms with Crippen LogP contribution in [0, 0.1) is 0 Å². The van der Waals surface area contributed by atoms with Crippen molar-refractivity contribution in [2.45, 2.75) is 6.42 Å². The van der Waals surface area contributed by atoms with Gasteiger partial charge < -0.3 is 14.5 Å². The third-order valence-corrected chi connectivity index (χ3v) is 3.68. The molecule has 4 nitrogen and oxygen atoms in total. The summed E-state index contributed by atoms with van der Waals surface area (Å²) in [5.41, 5.74) is 2.74. The van der Waals surface area contributed by atoms with E-state index in [4.69, 9.17) is 21.1 Å². The van der Waals surface area contributed by atoms with Crippen molar-refractivity contribution in [3.8, 4) is 22.9 Å². The number of fused-ring (bicyclic) bond motifs is 2. The van der Waals surface area contributed by atoms with E-state index in [0.29, 0.717) is 18.2 Å². The first-order valence-electron chi connectivity index (χ1n) is 6.85. The standard InChI is InChI=1S/C16H13ClN2O2/c17-11-4-1-3-10(7-11)16-18-12-8-14-15(9-13(12)19-16)21-6-2-5-20-14/h1,3-4,7-9H,2,5-6H2,(H,18,19). The zero-order valence-electron chi connectivity index (χ0n) is 11.2. The molecule has 5 heteroatoms. The molecule has 0 unspecified atom stereocenters. The van der Waals surface area contributed by atoms with Crippen LogP contribution in [0.3, 0.4) is 0 Å². The normalized spacial score (nSPS) is 14.1. The number of hydrogen-bond acceptors (Lipinski definition) is 3. The van der Waals surface area contributed by atoms with Crippen LogP contribution in [0.1, 0.15) is 6.42 Å². The van der Waals surface area contributed by atoms with Crippen LogP contribution in [0.2, 0.25) is 5.02 Å². The minimum Gasteiger partial charge on any atom is -0.489 e. The lowest BCUT2D eigenvalue weighted by atomic mass is 10.2. The quantitative estimate of drug-likeness (QED) is 0.737. The van der Waals surface area contributed by atoms with Gasteiger partial charge in [0.2, 0.25) is 0 Å². The fourth-order valence-corrected chi connectivity index (χ4v) is 2.63. The molecular formula is C16H13ClN2O2. The van der Waals surface area contributed by atoms with E-state index in [1.807, 2.05) is 36.4 Å². The molecule has 1 aliphatic heterocycles. The van der Waals surface area contributed by atoms with E-state index >= 15 is 0 Å². The number of aromatic nitrogens is 2. The summed E-state index contributed by atoms with van der Waals surface area (Å²) in [7, 11) is 0. The van der Waals surface area contributed by atoms with Crippen molar-refractivity contribution in [1.29, 1.82) is 0 Å². The number of benzene rings is 2. The maximum Gasteiger partial charge on any atom is 0.163 e. The minimum absolute atomic E-state index is 0.671. The summed E-state index contributed by atoms with van der Waals surface area (Å²) in [6.45, 7) is 1.35. The SMILES string of the molecule is Clc1cccc(-c2nc3cc4c(cc3[nH]2)OCCCO4)c1. The highest BCUT2D eigenvalue weighted by Gasteiger charge is 2.14. The molecule has 0 saturated heterocycles. The third-order valence-electron chi connectivity index (χ3n) is 3.45. The molecule has 21 heavy (non-hydrogen) atoms. The number of ether oxygens (including phenoxy) is 2. The monoisotopic (exact) mass is 300 g/mol. The summed E-state index contributed by atoms with van der Waals surface area (Å²) in [6.07, 6.45) is 0.893. The topological polar surface area (TPSA) is 47.1 Å². The number of nitrogens with one attached hydrogen (secondary N) is 1. The highest BCUT2D eigenvalue weighted by atomic mass is 35.5. The van der Waals surface area contributed by atoms with Crippen LogP contribution in [0.5, 0.6) is 11.5 Å². The van der Waals surface area contributed by atoms with Crippen molar-refractivity contribution in [3.05, 3.63) is 41.4 Å².